The topological polar surface area (TPSA) is 226 Å². The first-order valence-corrected chi connectivity index (χ1v) is 12.0. The lowest BCUT2D eigenvalue weighted by atomic mass is 10.0. The summed E-state index contributed by atoms with van der Waals surface area (Å²) in [5, 5.41) is 55.7. The summed E-state index contributed by atoms with van der Waals surface area (Å²) >= 11 is 0. The van der Waals surface area contributed by atoms with Crippen LogP contribution in [0.15, 0.2) is 0 Å². The molecule has 8 N–H and O–H groups in total. The molecule has 0 spiro atoms. The van der Waals surface area contributed by atoms with Crippen LogP contribution >= 0.6 is 0 Å². The molecule has 1 fully saturated rings. The Bertz CT molecular complexity index is 750. The summed E-state index contributed by atoms with van der Waals surface area (Å²) in [6.07, 6.45) is 0.278. The molecule has 0 aliphatic carbocycles. The average Bonchev–Trinajstić information content (AvgIpc) is 2.77. The van der Waals surface area contributed by atoms with Gasteiger partial charge in [-0.15, -0.1) is 0 Å². The summed E-state index contributed by atoms with van der Waals surface area (Å²) in [6, 6.07) is -1.60. The van der Waals surface area contributed by atoms with Crippen molar-refractivity contribution in [1.29, 1.82) is 0 Å². The Kier molecular flexibility index (Phi) is 14.6. The van der Waals surface area contributed by atoms with Gasteiger partial charge in [-0.2, -0.15) is 0 Å². The van der Waals surface area contributed by atoms with Crippen LogP contribution in [-0.4, -0.2) is 117 Å². The molecule has 0 aromatic heterocycles. The maximum Gasteiger partial charge on any atom is 0.317 e. The fourth-order valence-corrected chi connectivity index (χ4v) is 4.13. The third-order valence-electron chi connectivity index (χ3n) is 6.07. The molecule has 0 amide bonds. The van der Waals surface area contributed by atoms with Crippen molar-refractivity contribution in [3.05, 3.63) is 0 Å². The second kappa shape index (κ2) is 16.8. The Morgan fingerprint density at radius 2 is 0.944 bits per heavy atom. The SMILES string of the molecule is O=C(O)CC[C@H]1CN[C@@H](CCC(=O)O)CN(CC(=O)O)[C@@H](CCC(=O)O)CN[C@@H](CCC(=O)O)CN1. The Hall–Kier alpha value is -2.81. The Morgan fingerprint density at radius 3 is 1.39 bits per heavy atom. The van der Waals surface area contributed by atoms with Crippen molar-refractivity contribution in [2.24, 2.45) is 0 Å². The van der Waals surface area contributed by atoms with Gasteiger partial charge in [0, 0.05) is 76.0 Å². The molecule has 1 heterocycles. The molecular weight excluding hydrogens is 480 g/mol. The van der Waals surface area contributed by atoms with E-state index in [1.165, 1.54) is 0 Å². The minimum absolute atomic E-state index is 0.102. The Balaban J connectivity index is 3.20. The highest BCUT2D eigenvalue weighted by Crippen LogP contribution is 2.13. The number of nitrogens with zero attached hydrogens (tertiary/aromatic N) is 1. The second-order valence-electron chi connectivity index (χ2n) is 9.02. The maximum absolute atomic E-state index is 11.6. The highest BCUT2D eigenvalue weighted by molar-refractivity contribution is 5.69. The summed E-state index contributed by atoms with van der Waals surface area (Å²) in [5.74, 6) is -5.13. The Labute approximate surface area is 209 Å². The van der Waals surface area contributed by atoms with E-state index < -0.39 is 48.5 Å². The maximum atomic E-state index is 11.6. The first-order chi connectivity index (χ1) is 17.0. The van der Waals surface area contributed by atoms with Crippen molar-refractivity contribution < 1.29 is 49.5 Å². The van der Waals surface area contributed by atoms with Crippen LogP contribution in [0.25, 0.3) is 0 Å². The summed E-state index contributed by atoms with van der Waals surface area (Å²) in [6.45, 7) is 0.528. The lowest BCUT2D eigenvalue weighted by molar-refractivity contribution is -0.140. The minimum atomic E-state index is -1.12. The van der Waals surface area contributed by atoms with Crippen LogP contribution in [0.3, 0.4) is 0 Å². The van der Waals surface area contributed by atoms with Crippen LogP contribution < -0.4 is 16.0 Å². The number of aliphatic carboxylic acids is 5. The third kappa shape index (κ3) is 14.6. The number of hydrogen-bond donors (Lipinski definition) is 8. The van der Waals surface area contributed by atoms with Gasteiger partial charge in [-0.1, -0.05) is 0 Å². The fraction of sp³-hybridized carbons (Fsp3) is 0.773. The van der Waals surface area contributed by atoms with Crippen molar-refractivity contribution >= 4 is 29.8 Å². The molecule has 1 aliphatic heterocycles. The first kappa shape index (κ1) is 31.2. The molecule has 0 radical (unpaired) electrons. The van der Waals surface area contributed by atoms with Gasteiger partial charge in [-0.25, -0.2) is 0 Å². The number of carbonyl (C=O) groups is 5. The number of nitrogens with one attached hydrogen (secondary N) is 3. The van der Waals surface area contributed by atoms with Gasteiger partial charge < -0.3 is 41.5 Å². The molecule has 14 heteroatoms. The summed E-state index contributed by atoms with van der Waals surface area (Å²) in [5.41, 5.74) is 0. The average molecular weight is 519 g/mol. The zero-order valence-electron chi connectivity index (χ0n) is 20.2. The van der Waals surface area contributed by atoms with E-state index in [2.05, 4.69) is 16.0 Å². The fourth-order valence-electron chi connectivity index (χ4n) is 4.13. The van der Waals surface area contributed by atoms with Gasteiger partial charge in [0.05, 0.1) is 6.54 Å². The molecule has 0 saturated carbocycles. The molecule has 0 aromatic carbocycles. The highest BCUT2D eigenvalue weighted by Gasteiger charge is 2.27. The monoisotopic (exact) mass is 518 g/mol. The quantitative estimate of drug-likeness (QED) is 0.139. The van der Waals surface area contributed by atoms with Crippen LogP contribution in [0.1, 0.15) is 51.4 Å². The van der Waals surface area contributed by atoms with E-state index in [1.54, 1.807) is 4.90 Å². The smallest absolute Gasteiger partial charge is 0.317 e. The largest absolute Gasteiger partial charge is 0.481 e. The van der Waals surface area contributed by atoms with Crippen molar-refractivity contribution in [3.63, 3.8) is 0 Å². The van der Waals surface area contributed by atoms with Gasteiger partial charge in [-0.05, 0) is 25.7 Å². The summed E-state index contributed by atoms with van der Waals surface area (Å²) in [7, 11) is 0. The van der Waals surface area contributed by atoms with Gasteiger partial charge in [0.15, 0.2) is 0 Å². The van der Waals surface area contributed by atoms with Gasteiger partial charge in [0.1, 0.15) is 0 Å². The molecule has 1 aliphatic rings. The minimum Gasteiger partial charge on any atom is -0.481 e. The van der Waals surface area contributed by atoms with E-state index in [4.69, 9.17) is 15.3 Å². The summed E-state index contributed by atoms with van der Waals surface area (Å²) < 4.78 is 0. The van der Waals surface area contributed by atoms with E-state index in [0.717, 1.165) is 0 Å². The predicted molar refractivity (Wildman–Crippen MR) is 126 cm³/mol. The predicted octanol–water partition coefficient (Wildman–Crippen LogP) is -0.911. The molecule has 0 unspecified atom stereocenters. The van der Waals surface area contributed by atoms with Gasteiger partial charge in [-0.3, -0.25) is 28.9 Å². The molecule has 1 rings (SSSR count). The third-order valence-corrected chi connectivity index (χ3v) is 6.07. The van der Waals surface area contributed by atoms with Crippen molar-refractivity contribution in [3.8, 4) is 0 Å². The molecule has 0 bridgehead atoms. The van der Waals surface area contributed by atoms with E-state index >= 15 is 0 Å². The zero-order valence-corrected chi connectivity index (χ0v) is 20.2. The normalized spacial score (nSPS) is 24.2. The molecule has 36 heavy (non-hydrogen) atoms. The van der Waals surface area contributed by atoms with E-state index in [1.807, 2.05) is 0 Å². The Morgan fingerprint density at radius 1 is 0.556 bits per heavy atom. The van der Waals surface area contributed by atoms with Crippen LogP contribution in [0.4, 0.5) is 0 Å². The van der Waals surface area contributed by atoms with Crippen molar-refractivity contribution in [2.75, 3.05) is 32.7 Å². The van der Waals surface area contributed by atoms with E-state index in [-0.39, 0.29) is 83.1 Å². The van der Waals surface area contributed by atoms with Crippen LogP contribution in [0.2, 0.25) is 0 Å². The number of hydrogen-bond acceptors (Lipinski definition) is 9. The summed E-state index contributed by atoms with van der Waals surface area (Å²) in [4.78, 5) is 57.8. The van der Waals surface area contributed by atoms with Gasteiger partial charge >= 0.3 is 29.8 Å². The zero-order chi connectivity index (χ0) is 27.1. The number of rotatable bonds is 14. The lowest BCUT2D eigenvalue weighted by Gasteiger charge is -2.36. The first-order valence-electron chi connectivity index (χ1n) is 12.0. The molecule has 1 saturated heterocycles. The molecule has 206 valence electrons. The molecule has 14 nitrogen and oxygen atoms in total. The van der Waals surface area contributed by atoms with Crippen LogP contribution in [0.5, 0.6) is 0 Å². The van der Waals surface area contributed by atoms with E-state index in [0.29, 0.717) is 6.54 Å². The van der Waals surface area contributed by atoms with Crippen LogP contribution in [-0.2, 0) is 24.0 Å². The van der Waals surface area contributed by atoms with Gasteiger partial charge in [0.2, 0.25) is 0 Å². The molecular formula is C22H38N4O10. The molecule has 4 atom stereocenters. The highest BCUT2D eigenvalue weighted by atomic mass is 16.4. The van der Waals surface area contributed by atoms with Crippen LogP contribution in [0, 0.1) is 0 Å². The van der Waals surface area contributed by atoms with Crippen molar-refractivity contribution in [1.82, 2.24) is 20.9 Å². The second-order valence-corrected chi connectivity index (χ2v) is 9.02. The standard InChI is InChI=1S/C22H38N4O10/c27-18(28)5-1-14-10-24-16(3-7-20(31)32)12-26(13-22(35)36)17(4-8-21(33)34)11-25-15(9-23-14)2-6-19(29)30/h14-17,23-25H,1-13H2,(H,27,28)(H,29,30)(H,31,32)(H,33,34)(H,35,36)/t14-,15-,16-,17-/m0/s1. The van der Waals surface area contributed by atoms with E-state index in [9.17, 15) is 34.2 Å². The number of carboxylic acids is 5. The molecule has 0 aromatic rings. The van der Waals surface area contributed by atoms with Crippen molar-refractivity contribution in [2.45, 2.75) is 75.5 Å². The van der Waals surface area contributed by atoms with Gasteiger partial charge in [0.25, 0.3) is 0 Å². The lowest BCUT2D eigenvalue weighted by Crippen LogP contribution is -2.56. The number of carboxylic acid groups (broad SMARTS) is 5.